The summed E-state index contributed by atoms with van der Waals surface area (Å²) < 4.78 is 11.0. The molecule has 0 bridgehead atoms. The summed E-state index contributed by atoms with van der Waals surface area (Å²) in [4.78, 5) is 23.8. The summed E-state index contributed by atoms with van der Waals surface area (Å²) in [7, 11) is 0. The van der Waals surface area contributed by atoms with Crippen molar-refractivity contribution in [2.45, 2.75) is 6.10 Å². The van der Waals surface area contributed by atoms with E-state index in [0.29, 0.717) is 17.1 Å². The summed E-state index contributed by atoms with van der Waals surface area (Å²) in [6.07, 6.45) is 0.558. The molecule has 2 aromatic rings. The highest BCUT2D eigenvalue weighted by molar-refractivity contribution is 5.88. The molecule has 8 nitrogen and oxygen atoms in total. The number of ether oxygens (including phenoxy) is 2. The predicted octanol–water partition coefficient (Wildman–Crippen LogP) is 0.798. The Hall–Kier alpha value is -3.55. The van der Waals surface area contributed by atoms with Gasteiger partial charge in [-0.1, -0.05) is 24.3 Å². The Labute approximate surface area is 149 Å². The number of hydrogen-bond donors (Lipinski definition) is 3. The van der Waals surface area contributed by atoms with Crippen LogP contribution in [0.3, 0.4) is 0 Å². The predicted molar refractivity (Wildman–Crippen MR) is 93.2 cm³/mol. The van der Waals surface area contributed by atoms with Crippen LogP contribution in [-0.2, 0) is 9.59 Å². The Morgan fingerprint density at radius 1 is 1.19 bits per heavy atom. The van der Waals surface area contributed by atoms with Gasteiger partial charge in [0.2, 0.25) is 6.10 Å². The molecule has 2 amide bonds. The van der Waals surface area contributed by atoms with Gasteiger partial charge >= 0.3 is 0 Å². The molecule has 0 radical (unpaired) electrons. The molecular weight excluding hydrogens is 338 g/mol. The smallest absolute Gasteiger partial charge is 0.265 e. The molecule has 26 heavy (non-hydrogen) atoms. The maximum absolute atomic E-state index is 12.1. The van der Waals surface area contributed by atoms with Gasteiger partial charge in [0.15, 0.2) is 11.5 Å². The minimum absolute atomic E-state index is 0.0696. The fraction of sp³-hybridized carbons (Fsp3) is 0.167. The lowest BCUT2D eigenvalue weighted by Gasteiger charge is -2.25. The van der Waals surface area contributed by atoms with Crippen LogP contribution in [0.15, 0.2) is 53.6 Å². The van der Waals surface area contributed by atoms with Crippen molar-refractivity contribution in [1.82, 2.24) is 10.7 Å². The fourth-order valence-corrected chi connectivity index (χ4v) is 2.25. The van der Waals surface area contributed by atoms with Gasteiger partial charge in [0.25, 0.3) is 11.8 Å². The molecule has 0 spiro atoms. The zero-order valence-electron chi connectivity index (χ0n) is 13.7. The Morgan fingerprint density at radius 3 is 2.81 bits per heavy atom. The van der Waals surface area contributed by atoms with Crippen LogP contribution in [0.1, 0.15) is 5.56 Å². The van der Waals surface area contributed by atoms with E-state index in [1.54, 1.807) is 30.3 Å². The SMILES string of the molecule is O=C(CNC(=O)[C@H]1COc2ccccc2O1)NN=Cc1cccc(O)c1. The van der Waals surface area contributed by atoms with Gasteiger partial charge in [-0.3, -0.25) is 9.59 Å². The number of rotatable bonds is 5. The van der Waals surface area contributed by atoms with Crippen LogP contribution in [-0.4, -0.2) is 42.4 Å². The minimum atomic E-state index is -0.825. The number of amides is 2. The van der Waals surface area contributed by atoms with E-state index < -0.39 is 17.9 Å². The molecular formula is C18H17N3O5. The van der Waals surface area contributed by atoms with Crippen LogP contribution in [0, 0.1) is 0 Å². The number of nitrogens with one attached hydrogen (secondary N) is 2. The van der Waals surface area contributed by atoms with E-state index in [1.807, 2.05) is 6.07 Å². The number of carbonyl (C=O) groups is 2. The first-order chi connectivity index (χ1) is 12.6. The Bertz CT molecular complexity index is 837. The third kappa shape index (κ3) is 4.50. The van der Waals surface area contributed by atoms with Crippen LogP contribution in [0.2, 0.25) is 0 Å². The molecule has 1 heterocycles. The van der Waals surface area contributed by atoms with Crippen molar-refractivity contribution in [1.29, 1.82) is 0 Å². The zero-order chi connectivity index (χ0) is 18.4. The highest BCUT2D eigenvalue weighted by Crippen LogP contribution is 2.30. The molecule has 0 unspecified atom stereocenters. The second-order valence-electron chi connectivity index (χ2n) is 5.47. The monoisotopic (exact) mass is 355 g/mol. The van der Waals surface area contributed by atoms with Gasteiger partial charge in [-0.2, -0.15) is 5.10 Å². The molecule has 134 valence electrons. The van der Waals surface area contributed by atoms with Crippen molar-refractivity contribution < 1.29 is 24.2 Å². The van der Waals surface area contributed by atoms with E-state index in [9.17, 15) is 14.7 Å². The molecule has 2 aromatic carbocycles. The van der Waals surface area contributed by atoms with Gasteiger partial charge in [-0.15, -0.1) is 0 Å². The molecule has 1 aliphatic heterocycles. The first kappa shape index (κ1) is 17.3. The summed E-state index contributed by atoms with van der Waals surface area (Å²) in [6, 6.07) is 13.4. The average molecular weight is 355 g/mol. The summed E-state index contributed by atoms with van der Waals surface area (Å²) in [5.41, 5.74) is 2.91. The van der Waals surface area contributed by atoms with Crippen LogP contribution >= 0.6 is 0 Å². The number of aromatic hydroxyl groups is 1. The Balaban J connectivity index is 1.44. The molecule has 0 aromatic heterocycles. The minimum Gasteiger partial charge on any atom is -0.508 e. The van der Waals surface area contributed by atoms with Gasteiger partial charge in [0, 0.05) is 0 Å². The summed E-state index contributed by atoms with van der Waals surface area (Å²) in [6.45, 7) is -0.183. The van der Waals surface area contributed by atoms with Gasteiger partial charge in [-0.25, -0.2) is 5.43 Å². The largest absolute Gasteiger partial charge is 0.508 e. The molecule has 0 aliphatic carbocycles. The molecule has 3 rings (SSSR count). The van der Waals surface area contributed by atoms with E-state index >= 15 is 0 Å². The van der Waals surface area contributed by atoms with Crippen molar-refractivity contribution in [3.05, 3.63) is 54.1 Å². The van der Waals surface area contributed by atoms with E-state index in [0.717, 1.165) is 0 Å². The lowest BCUT2D eigenvalue weighted by molar-refractivity contribution is -0.132. The van der Waals surface area contributed by atoms with Crippen LogP contribution in [0.5, 0.6) is 17.2 Å². The Morgan fingerprint density at radius 2 is 2.00 bits per heavy atom. The van der Waals surface area contributed by atoms with E-state index in [2.05, 4.69) is 15.8 Å². The molecule has 3 N–H and O–H groups in total. The first-order valence-corrected chi connectivity index (χ1v) is 7.89. The number of phenolic OH excluding ortho intramolecular Hbond substituents is 1. The van der Waals surface area contributed by atoms with Crippen LogP contribution in [0.4, 0.5) is 0 Å². The van der Waals surface area contributed by atoms with Gasteiger partial charge in [0.05, 0.1) is 12.8 Å². The zero-order valence-corrected chi connectivity index (χ0v) is 13.7. The van der Waals surface area contributed by atoms with Gasteiger partial charge < -0.3 is 19.9 Å². The first-order valence-electron chi connectivity index (χ1n) is 7.89. The third-order valence-corrected chi connectivity index (χ3v) is 3.50. The molecule has 1 aliphatic rings. The average Bonchev–Trinajstić information content (AvgIpc) is 2.66. The maximum Gasteiger partial charge on any atom is 0.265 e. The maximum atomic E-state index is 12.1. The summed E-state index contributed by atoms with van der Waals surface area (Å²) in [5, 5.41) is 15.6. The number of para-hydroxylation sites is 2. The molecule has 1 atom stereocenters. The van der Waals surface area contributed by atoms with Crippen molar-refractivity contribution in [3.8, 4) is 17.2 Å². The molecule has 0 saturated heterocycles. The number of fused-ring (bicyclic) bond motifs is 1. The lowest BCUT2D eigenvalue weighted by Crippen LogP contribution is -2.46. The molecule has 8 heteroatoms. The third-order valence-electron chi connectivity index (χ3n) is 3.50. The lowest BCUT2D eigenvalue weighted by atomic mass is 10.2. The fourth-order valence-electron chi connectivity index (χ4n) is 2.25. The Kier molecular flexibility index (Phi) is 5.33. The number of hydrazone groups is 1. The van der Waals surface area contributed by atoms with E-state index in [4.69, 9.17) is 9.47 Å². The van der Waals surface area contributed by atoms with Gasteiger partial charge in [-0.05, 0) is 29.8 Å². The topological polar surface area (TPSA) is 109 Å². The highest BCUT2D eigenvalue weighted by Gasteiger charge is 2.27. The number of benzene rings is 2. The number of nitrogens with zero attached hydrogens (tertiary/aromatic N) is 1. The van der Waals surface area contributed by atoms with Crippen molar-refractivity contribution in [2.24, 2.45) is 5.10 Å². The quantitative estimate of drug-likeness (QED) is 0.543. The highest BCUT2D eigenvalue weighted by atomic mass is 16.6. The number of carbonyl (C=O) groups excluding carboxylic acids is 2. The van der Waals surface area contributed by atoms with Crippen LogP contribution < -0.4 is 20.2 Å². The number of hydrogen-bond acceptors (Lipinski definition) is 6. The standard InChI is InChI=1S/C18H17N3O5/c22-13-5-3-4-12(8-13)9-20-21-17(23)10-19-18(24)16-11-25-14-6-1-2-7-15(14)26-16/h1-9,16,22H,10-11H2,(H,19,24)(H,21,23)/t16-/m1/s1. The second-order valence-corrected chi connectivity index (χ2v) is 5.47. The van der Waals surface area contributed by atoms with Gasteiger partial charge in [0.1, 0.15) is 12.4 Å². The second kappa shape index (κ2) is 8.02. The van der Waals surface area contributed by atoms with E-state index in [-0.39, 0.29) is 18.9 Å². The molecule has 0 saturated carbocycles. The molecule has 0 fully saturated rings. The normalized spacial score (nSPS) is 15.5. The number of phenols is 1. The van der Waals surface area contributed by atoms with Crippen LogP contribution in [0.25, 0.3) is 0 Å². The van der Waals surface area contributed by atoms with Crippen molar-refractivity contribution >= 4 is 18.0 Å². The van der Waals surface area contributed by atoms with E-state index in [1.165, 1.54) is 18.3 Å². The van der Waals surface area contributed by atoms with Crippen molar-refractivity contribution in [2.75, 3.05) is 13.2 Å². The summed E-state index contributed by atoms with van der Waals surface area (Å²) >= 11 is 0. The summed E-state index contributed by atoms with van der Waals surface area (Å²) in [5.74, 6) is 0.219. The van der Waals surface area contributed by atoms with Crippen molar-refractivity contribution in [3.63, 3.8) is 0 Å².